The molecule has 0 aromatic heterocycles. The predicted molar refractivity (Wildman–Crippen MR) is 66.4 cm³/mol. The molecule has 1 aromatic rings. The van der Waals surface area contributed by atoms with E-state index in [-0.39, 0.29) is 11.5 Å². The third-order valence-corrected chi connectivity index (χ3v) is 4.17. The molecule has 1 fully saturated rings. The molecule has 2 rings (SSSR count). The molecule has 1 aromatic carbocycles. The van der Waals surface area contributed by atoms with Crippen molar-refractivity contribution < 1.29 is 0 Å². The summed E-state index contributed by atoms with van der Waals surface area (Å²) in [5.74, 6) is 0. The molecule has 4 N–H and O–H groups in total. The average molecular weight is 269 g/mol. The Kier molecular flexibility index (Phi) is 3.14. The van der Waals surface area contributed by atoms with E-state index in [0.717, 1.165) is 4.47 Å². The number of nitrogens with two attached hydrogens (primary N) is 2. The number of halogens is 1. The van der Waals surface area contributed by atoms with E-state index >= 15 is 0 Å². The molecular formula is C12H17BrN2. The Bertz CT molecular complexity index is 324. The first-order chi connectivity index (χ1) is 7.18. The monoisotopic (exact) mass is 268 g/mol. The van der Waals surface area contributed by atoms with E-state index in [0.29, 0.717) is 6.54 Å². The van der Waals surface area contributed by atoms with Crippen molar-refractivity contribution in [3.8, 4) is 0 Å². The summed E-state index contributed by atoms with van der Waals surface area (Å²) in [7, 11) is 0. The standard InChI is InChI=1S/C12H17BrN2/c13-10-4-2-9(3-5-10)11(15)12(8-14)6-1-7-12/h2-5,11H,1,6-8,14-15H2. The molecule has 2 nitrogen and oxygen atoms in total. The van der Waals surface area contributed by atoms with Gasteiger partial charge in [0.05, 0.1) is 0 Å². The predicted octanol–water partition coefficient (Wildman–Crippen LogP) is 2.58. The maximum absolute atomic E-state index is 6.30. The Labute approximate surface area is 99.2 Å². The van der Waals surface area contributed by atoms with Gasteiger partial charge >= 0.3 is 0 Å². The van der Waals surface area contributed by atoms with Crippen LogP contribution in [0.25, 0.3) is 0 Å². The van der Waals surface area contributed by atoms with Crippen LogP contribution in [-0.2, 0) is 0 Å². The summed E-state index contributed by atoms with van der Waals surface area (Å²) >= 11 is 3.43. The van der Waals surface area contributed by atoms with E-state index in [1.54, 1.807) is 0 Å². The van der Waals surface area contributed by atoms with Crippen molar-refractivity contribution >= 4 is 15.9 Å². The molecule has 15 heavy (non-hydrogen) atoms. The lowest BCUT2D eigenvalue weighted by molar-refractivity contribution is 0.105. The molecule has 1 unspecified atom stereocenters. The SMILES string of the molecule is NCC1(C(N)c2ccc(Br)cc2)CCC1. The second-order valence-electron chi connectivity index (χ2n) is 4.45. The summed E-state index contributed by atoms with van der Waals surface area (Å²) in [6.07, 6.45) is 3.60. The molecule has 1 atom stereocenters. The van der Waals surface area contributed by atoms with Crippen LogP contribution in [0.15, 0.2) is 28.7 Å². The maximum Gasteiger partial charge on any atom is 0.0364 e. The van der Waals surface area contributed by atoms with Gasteiger partial charge in [0, 0.05) is 15.9 Å². The number of rotatable bonds is 3. The highest BCUT2D eigenvalue weighted by molar-refractivity contribution is 9.10. The quantitative estimate of drug-likeness (QED) is 0.886. The minimum absolute atomic E-state index is 0.0874. The van der Waals surface area contributed by atoms with Crippen LogP contribution in [0.5, 0.6) is 0 Å². The summed E-state index contributed by atoms with van der Waals surface area (Å²) < 4.78 is 1.09. The number of benzene rings is 1. The minimum Gasteiger partial charge on any atom is -0.330 e. The van der Waals surface area contributed by atoms with Crippen molar-refractivity contribution in [2.75, 3.05) is 6.54 Å². The van der Waals surface area contributed by atoms with Crippen molar-refractivity contribution in [2.24, 2.45) is 16.9 Å². The van der Waals surface area contributed by atoms with Crippen molar-refractivity contribution in [2.45, 2.75) is 25.3 Å². The van der Waals surface area contributed by atoms with E-state index in [1.165, 1.54) is 24.8 Å². The zero-order valence-corrected chi connectivity index (χ0v) is 10.3. The highest BCUT2D eigenvalue weighted by atomic mass is 79.9. The lowest BCUT2D eigenvalue weighted by atomic mass is 9.63. The van der Waals surface area contributed by atoms with Crippen molar-refractivity contribution in [3.63, 3.8) is 0 Å². The summed E-state index contributed by atoms with van der Waals surface area (Å²) in [5, 5.41) is 0. The van der Waals surface area contributed by atoms with Crippen LogP contribution in [0.2, 0.25) is 0 Å². The average Bonchev–Trinajstić information content (AvgIpc) is 2.18. The van der Waals surface area contributed by atoms with Crippen LogP contribution in [0, 0.1) is 5.41 Å². The lowest BCUT2D eigenvalue weighted by Gasteiger charge is -2.45. The fourth-order valence-electron chi connectivity index (χ4n) is 2.30. The van der Waals surface area contributed by atoms with Crippen LogP contribution in [0.1, 0.15) is 30.9 Å². The molecule has 1 saturated carbocycles. The number of hydrogen-bond donors (Lipinski definition) is 2. The van der Waals surface area contributed by atoms with Gasteiger partial charge in [-0.05, 0) is 37.1 Å². The van der Waals surface area contributed by atoms with E-state index in [9.17, 15) is 0 Å². The van der Waals surface area contributed by atoms with Crippen LogP contribution >= 0.6 is 15.9 Å². The Hall–Kier alpha value is -0.380. The Morgan fingerprint density at radius 3 is 2.27 bits per heavy atom. The van der Waals surface area contributed by atoms with Crippen LogP contribution in [0.4, 0.5) is 0 Å². The van der Waals surface area contributed by atoms with Crippen LogP contribution in [-0.4, -0.2) is 6.54 Å². The van der Waals surface area contributed by atoms with Gasteiger partial charge in [-0.1, -0.05) is 34.5 Å². The van der Waals surface area contributed by atoms with Gasteiger partial charge in [-0.25, -0.2) is 0 Å². The fourth-order valence-corrected chi connectivity index (χ4v) is 2.56. The smallest absolute Gasteiger partial charge is 0.0364 e. The first kappa shape index (κ1) is 11.1. The highest BCUT2D eigenvalue weighted by Crippen LogP contribution is 2.48. The molecule has 0 bridgehead atoms. The Morgan fingerprint density at radius 1 is 1.27 bits per heavy atom. The maximum atomic E-state index is 6.30. The second-order valence-corrected chi connectivity index (χ2v) is 5.36. The Balaban J connectivity index is 2.19. The molecule has 3 heteroatoms. The fraction of sp³-hybridized carbons (Fsp3) is 0.500. The summed E-state index contributed by atoms with van der Waals surface area (Å²) in [4.78, 5) is 0. The van der Waals surface area contributed by atoms with Gasteiger partial charge in [-0.15, -0.1) is 0 Å². The molecule has 0 aliphatic heterocycles. The van der Waals surface area contributed by atoms with Gasteiger partial charge in [0.15, 0.2) is 0 Å². The zero-order valence-electron chi connectivity index (χ0n) is 8.75. The first-order valence-corrected chi connectivity index (χ1v) is 6.18. The van der Waals surface area contributed by atoms with Gasteiger partial charge in [0.25, 0.3) is 0 Å². The molecule has 0 heterocycles. The highest BCUT2D eigenvalue weighted by Gasteiger charge is 2.41. The van der Waals surface area contributed by atoms with Crippen molar-refractivity contribution in [1.82, 2.24) is 0 Å². The van der Waals surface area contributed by atoms with Gasteiger partial charge in [-0.2, -0.15) is 0 Å². The van der Waals surface area contributed by atoms with Gasteiger partial charge < -0.3 is 11.5 Å². The second kappa shape index (κ2) is 4.24. The van der Waals surface area contributed by atoms with Crippen LogP contribution in [0.3, 0.4) is 0 Å². The molecule has 0 radical (unpaired) electrons. The summed E-state index contributed by atoms with van der Waals surface area (Å²) in [5.41, 5.74) is 13.5. The van der Waals surface area contributed by atoms with Crippen molar-refractivity contribution in [3.05, 3.63) is 34.3 Å². The van der Waals surface area contributed by atoms with Gasteiger partial charge in [-0.3, -0.25) is 0 Å². The Morgan fingerprint density at radius 2 is 1.87 bits per heavy atom. The normalized spacial score (nSPS) is 20.7. The molecular weight excluding hydrogens is 252 g/mol. The van der Waals surface area contributed by atoms with Gasteiger partial charge in [0.2, 0.25) is 0 Å². The zero-order chi connectivity index (χ0) is 10.9. The molecule has 0 saturated heterocycles. The molecule has 82 valence electrons. The molecule has 0 amide bonds. The summed E-state index contributed by atoms with van der Waals surface area (Å²) in [6, 6.07) is 8.34. The largest absolute Gasteiger partial charge is 0.330 e. The molecule has 1 aliphatic rings. The topological polar surface area (TPSA) is 52.0 Å². The van der Waals surface area contributed by atoms with E-state index in [2.05, 4.69) is 28.1 Å². The number of hydrogen-bond acceptors (Lipinski definition) is 2. The van der Waals surface area contributed by atoms with Gasteiger partial charge in [0.1, 0.15) is 0 Å². The molecule has 1 aliphatic carbocycles. The minimum atomic E-state index is 0.0874. The lowest BCUT2D eigenvalue weighted by Crippen LogP contribution is -2.46. The van der Waals surface area contributed by atoms with E-state index in [4.69, 9.17) is 11.5 Å². The van der Waals surface area contributed by atoms with Crippen molar-refractivity contribution in [1.29, 1.82) is 0 Å². The molecule has 0 spiro atoms. The van der Waals surface area contributed by atoms with E-state index in [1.807, 2.05) is 12.1 Å². The third kappa shape index (κ3) is 1.96. The first-order valence-electron chi connectivity index (χ1n) is 5.39. The van der Waals surface area contributed by atoms with E-state index < -0.39 is 0 Å². The van der Waals surface area contributed by atoms with Crippen LogP contribution < -0.4 is 11.5 Å². The third-order valence-electron chi connectivity index (χ3n) is 3.64. The summed E-state index contributed by atoms with van der Waals surface area (Å²) in [6.45, 7) is 0.699.